The van der Waals surface area contributed by atoms with E-state index in [0.29, 0.717) is 11.3 Å². The molecule has 0 saturated heterocycles. The fraction of sp³-hybridized carbons (Fsp3) is 0.154. The molecule has 6 heteroatoms. The molecule has 2 aromatic rings. The van der Waals surface area contributed by atoms with E-state index in [0.717, 1.165) is 12.1 Å². The lowest BCUT2D eigenvalue weighted by molar-refractivity contribution is 0.0661. The summed E-state index contributed by atoms with van der Waals surface area (Å²) in [6.07, 6.45) is 0. The van der Waals surface area contributed by atoms with Crippen LogP contribution < -0.4 is 4.74 Å². The second-order valence-corrected chi connectivity index (χ2v) is 3.84. The van der Waals surface area contributed by atoms with Crippen LogP contribution in [-0.4, -0.2) is 11.1 Å². The van der Waals surface area contributed by atoms with Crippen LogP contribution in [0.1, 0.15) is 21.9 Å². The Kier molecular flexibility index (Phi) is 3.50. The molecule has 0 spiro atoms. The van der Waals surface area contributed by atoms with Gasteiger partial charge in [0.1, 0.15) is 12.4 Å². The van der Waals surface area contributed by atoms with E-state index in [1.807, 2.05) is 0 Å². The van der Waals surface area contributed by atoms with E-state index in [4.69, 9.17) is 14.3 Å². The standard InChI is InChI=1S/C13H10F2O4/c1-7-8(5-11(19-7)13(16)17)6-18-12-9(14)3-2-4-10(12)15/h2-5H,6H2,1H3,(H,16,17). The summed E-state index contributed by atoms with van der Waals surface area (Å²) >= 11 is 0. The molecule has 0 bridgehead atoms. The zero-order valence-corrected chi connectivity index (χ0v) is 9.94. The minimum atomic E-state index is -1.22. The minimum absolute atomic E-state index is 0.180. The molecule has 0 amide bonds. The number of hydrogen-bond acceptors (Lipinski definition) is 3. The van der Waals surface area contributed by atoms with Crippen molar-refractivity contribution in [2.24, 2.45) is 0 Å². The van der Waals surface area contributed by atoms with Crippen molar-refractivity contribution in [3.8, 4) is 5.75 Å². The third-order valence-electron chi connectivity index (χ3n) is 2.52. The number of aromatic carboxylic acids is 1. The molecule has 100 valence electrons. The Labute approximate surface area is 107 Å². The van der Waals surface area contributed by atoms with E-state index in [-0.39, 0.29) is 12.4 Å². The van der Waals surface area contributed by atoms with Gasteiger partial charge in [-0.15, -0.1) is 0 Å². The van der Waals surface area contributed by atoms with Crippen molar-refractivity contribution in [2.75, 3.05) is 0 Å². The summed E-state index contributed by atoms with van der Waals surface area (Å²) in [6, 6.07) is 4.63. The van der Waals surface area contributed by atoms with Crippen LogP contribution in [0.15, 0.2) is 28.7 Å². The lowest BCUT2D eigenvalue weighted by atomic mass is 10.2. The maximum atomic E-state index is 13.3. The smallest absolute Gasteiger partial charge is 0.371 e. The topological polar surface area (TPSA) is 59.7 Å². The normalized spacial score (nSPS) is 10.5. The van der Waals surface area contributed by atoms with Gasteiger partial charge in [0.15, 0.2) is 17.4 Å². The Morgan fingerprint density at radius 2 is 2.00 bits per heavy atom. The SMILES string of the molecule is Cc1oc(C(=O)O)cc1COc1c(F)cccc1F. The lowest BCUT2D eigenvalue weighted by Crippen LogP contribution is -2.00. The highest BCUT2D eigenvalue weighted by atomic mass is 19.1. The molecule has 0 fully saturated rings. The van der Waals surface area contributed by atoms with Gasteiger partial charge in [0.2, 0.25) is 5.76 Å². The van der Waals surface area contributed by atoms with Gasteiger partial charge in [0, 0.05) is 5.56 Å². The fourth-order valence-electron chi connectivity index (χ4n) is 1.54. The molecule has 0 aliphatic carbocycles. The molecule has 19 heavy (non-hydrogen) atoms. The largest absolute Gasteiger partial charge is 0.483 e. The fourth-order valence-corrected chi connectivity index (χ4v) is 1.54. The van der Waals surface area contributed by atoms with E-state index < -0.39 is 23.4 Å². The van der Waals surface area contributed by atoms with Gasteiger partial charge in [-0.3, -0.25) is 0 Å². The molecule has 0 radical (unpaired) electrons. The van der Waals surface area contributed by atoms with Crippen LogP contribution in [0.25, 0.3) is 0 Å². The van der Waals surface area contributed by atoms with Gasteiger partial charge in [-0.05, 0) is 25.1 Å². The first kappa shape index (κ1) is 13.1. The number of carbonyl (C=O) groups is 1. The average molecular weight is 268 g/mol. The number of carboxylic acids is 1. The van der Waals surface area contributed by atoms with Crippen LogP contribution in [0.4, 0.5) is 8.78 Å². The maximum Gasteiger partial charge on any atom is 0.371 e. The Balaban J connectivity index is 2.17. The predicted molar refractivity (Wildman–Crippen MR) is 61.1 cm³/mol. The van der Waals surface area contributed by atoms with Crippen molar-refractivity contribution in [1.29, 1.82) is 0 Å². The first-order valence-electron chi connectivity index (χ1n) is 5.38. The third kappa shape index (κ3) is 2.73. The predicted octanol–water partition coefficient (Wildman–Crippen LogP) is 3.14. The highest BCUT2D eigenvalue weighted by molar-refractivity contribution is 5.84. The highest BCUT2D eigenvalue weighted by Crippen LogP contribution is 2.23. The first-order chi connectivity index (χ1) is 8.99. The van der Waals surface area contributed by atoms with E-state index in [1.54, 1.807) is 6.92 Å². The summed E-state index contributed by atoms with van der Waals surface area (Å²) in [4.78, 5) is 10.7. The summed E-state index contributed by atoms with van der Waals surface area (Å²) in [5, 5.41) is 8.74. The third-order valence-corrected chi connectivity index (χ3v) is 2.52. The number of rotatable bonds is 4. The summed E-state index contributed by atoms with van der Waals surface area (Å²) in [5.74, 6) is -3.27. The van der Waals surface area contributed by atoms with Gasteiger partial charge >= 0.3 is 5.97 Å². The Bertz CT molecular complexity index is 599. The van der Waals surface area contributed by atoms with Crippen molar-refractivity contribution in [2.45, 2.75) is 13.5 Å². The second-order valence-electron chi connectivity index (χ2n) is 3.84. The monoisotopic (exact) mass is 268 g/mol. The Hall–Kier alpha value is -2.37. The van der Waals surface area contributed by atoms with Gasteiger partial charge in [-0.2, -0.15) is 0 Å². The average Bonchev–Trinajstić information content (AvgIpc) is 2.70. The van der Waals surface area contributed by atoms with E-state index in [2.05, 4.69) is 0 Å². The zero-order chi connectivity index (χ0) is 14.0. The molecular formula is C13H10F2O4. The summed E-state index contributed by atoms with van der Waals surface area (Å²) in [6.45, 7) is 1.36. The molecule has 0 unspecified atom stereocenters. The Morgan fingerprint density at radius 3 is 2.53 bits per heavy atom. The number of halogens is 2. The number of aryl methyl sites for hydroxylation is 1. The number of carboxylic acid groups (broad SMARTS) is 1. The van der Waals surface area contributed by atoms with Crippen LogP contribution >= 0.6 is 0 Å². The van der Waals surface area contributed by atoms with E-state index in [9.17, 15) is 13.6 Å². The van der Waals surface area contributed by atoms with Crippen molar-refractivity contribution in [1.82, 2.24) is 0 Å². The Morgan fingerprint density at radius 1 is 1.37 bits per heavy atom. The molecule has 1 N–H and O–H groups in total. The number of furan rings is 1. The molecule has 0 atom stereocenters. The molecule has 1 aromatic carbocycles. The van der Waals surface area contributed by atoms with Crippen molar-refractivity contribution >= 4 is 5.97 Å². The second kappa shape index (κ2) is 5.09. The minimum Gasteiger partial charge on any atom is -0.483 e. The van der Waals surface area contributed by atoms with Crippen molar-refractivity contribution in [3.05, 3.63) is 53.0 Å². The maximum absolute atomic E-state index is 13.3. The van der Waals surface area contributed by atoms with Crippen LogP contribution in [0.5, 0.6) is 5.75 Å². The van der Waals surface area contributed by atoms with Crippen LogP contribution in [-0.2, 0) is 6.61 Å². The van der Waals surface area contributed by atoms with E-state index in [1.165, 1.54) is 12.1 Å². The first-order valence-corrected chi connectivity index (χ1v) is 5.38. The van der Waals surface area contributed by atoms with Crippen LogP contribution in [0.3, 0.4) is 0 Å². The summed E-state index contributed by atoms with van der Waals surface area (Å²) in [7, 11) is 0. The molecule has 1 aromatic heterocycles. The summed E-state index contributed by atoms with van der Waals surface area (Å²) in [5.41, 5.74) is 0.417. The molecule has 0 aliphatic rings. The molecule has 4 nitrogen and oxygen atoms in total. The number of para-hydroxylation sites is 1. The van der Waals surface area contributed by atoms with Gasteiger partial charge in [-0.1, -0.05) is 6.07 Å². The van der Waals surface area contributed by atoms with Gasteiger partial charge < -0.3 is 14.3 Å². The molecule has 1 heterocycles. The number of ether oxygens (including phenoxy) is 1. The highest BCUT2D eigenvalue weighted by Gasteiger charge is 2.15. The van der Waals surface area contributed by atoms with Gasteiger partial charge in [0.25, 0.3) is 0 Å². The van der Waals surface area contributed by atoms with Gasteiger partial charge in [0.05, 0.1) is 0 Å². The van der Waals surface area contributed by atoms with Crippen molar-refractivity contribution < 1.29 is 27.8 Å². The van der Waals surface area contributed by atoms with Crippen molar-refractivity contribution in [3.63, 3.8) is 0 Å². The zero-order valence-electron chi connectivity index (χ0n) is 9.94. The molecule has 0 saturated carbocycles. The van der Waals surface area contributed by atoms with Crippen LogP contribution in [0.2, 0.25) is 0 Å². The van der Waals surface area contributed by atoms with Gasteiger partial charge in [-0.25, -0.2) is 13.6 Å². The number of benzene rings is 1. The molecular weight excluding hydrogens is 258 g/mol. The lowest BCUT2D eigenvalue weighted by Gasteiger charge is -2.07. The summed E-state index contributed by atoms with van der Waals surface area (Å²) < 4.78 is 36.6. The molecule has 2 rings (SSSR count). The quantitative estimate of drug-likeness (QED) is 0.925. The number of hydrogen-bond donors (Lipinski definition) is 1. The van der Waals surface area contributed by atoms with E-state index >= 15 is 0 Å². The van der Waals surface area contributed by atoms with Crippen LogP contribution in [0, 0.1) is 18.6 Å². The molecule has 0 aliphatic heterocycles.